The lowest BCUT2D eigenvalue weighted by atomic mass is 9.63. The van der Waals surface area contributed by atoms with Crippen molar-refractivity contribution in [2.24, 2.45) is 10.9 Å². The molecule has 8 nitrogen and oxygen atoms in total. The molecule has 1 aliphatic heterocycles. The summed E-state index contributed by atoms with van der Waals surface area (Å²) in [6.45, 7) is 13.1. The van der Waals surface area contributed by atoms with Gasteiger partial charge in [0, 0.05) is 18.7 Å². The number of oxime groups is 1. The number of nitrogens with zero attached hydrogens (tertiary/aromatic N) is 4. The SMILES string of the molecule is CC(=NOCc1ccc2c(c1)C(C)(C)CCC2(C)C)c1ccc(-c2noc(C3CCN(C(=N)N)C3)n2)cc1.Cl. The molecule has 39 heavy (non-hydrogen) atoms. The Morgan fingerprint density at radius 1 is 1.10 bits per heavy atom. The second-order valence-electron chi connectivity index (χ2n) is 11.9. The van der Waals surface area contributed by atoms with Gasteiger partial charge in [0.1, 0.15) is 6.61 Å². The summed E-state index contributed by atoms with van der Waals surface area (Å²) in [6, 6.07) is 14.7. The highest BCUT2D eigenvalue weighted by Crippen LogP contribution is 2.46. The molecule has 0 bridgehead atoms. The Bertz CT molecular complexity index is 1360. The number of halogens is 1. The molecule has 2 aromatic carbocycles. The molecule has 1 atom stereocenters. The van der Waals surface area contributed by atoms with Crippen LogP contribution in [0.5, 0.6) is 0 Å². The molecule has 1 aliphatic carbocycles. The highest BCUT2D eigenvalue weighted by Gasteiger charge is 2.37. The Morgan fingerprint density at radius 3 is 2.46 bits per heavy atom. The number of nitrogens with one attached hydrogen (secondary N) is 1. The van der Waals surface area contributed by atoms with Gasteiger partial charge in [0.25, 0.3) is 0 Å². The van der Waals surface area contributed by atoms with Crippen LogP contribution >= 0.6 is 12.4 Å². The first kappa shape index (κ1) is 28.6. The number of fused-ring (bicyclic) bond motifs is 1. The summed E-state index contributed by atoms with van der Waals surface area (Å²) in [4.78, 5) is 12.2. The van der Waals surface area contributed by atoms with Gasteiger partial charge in [0.05, 0.1) is 11.6 Å². The van der Waals surface area contributed by atoms with Crippen molar-refractivity contribution in [1.29, 1.82) is 5.41 Å². The maximum Gasteiger partial charge on any atom is 0.231 e. The number of hydrogen-bond donors (Lipinski definition) is 2. The topological polar surface area (TPSA) is 114 Å². The molecule has 5 rings (SSSR count). The highest BCUT2D eigenvalue weighted by atomic mass is 35.5. The van der Waals surface area contributed by atoms with Gasteiger partial charge in [0.15, 0.2) is 5.96 Å². The van der Waals surface area contributed by atoms with Crippen molar-refractivity contribution < 1.29 is 9.36 Å². The van der Waals surface area contributed by atoms with Gasteiger partial charge in [-0.1, -0.05) is 80.5 Å². The van der Waals surface area contributed by atoms with E-state index in [1.807, 2.05) is 36.1 Å². The van der Waals surface area contributed by atoms with E-state index in [-0.39, 0.29) is 35.1 Å². The van der Waals surface area contributed by atoms with E-state index in [0.29, 0.717) is 24.9 Å². The van der Waals surface area contributed by atoms with Gasteiger partial charge in [-0.25, -0.2) is 0 Å². The Labute approximate surface area is 236 Å². The predicted octanol–water partition coefficient (Wildman–Crippen LogP) is 6.13. The van der Waals surface area contributed by atoms with Crippen molar-refractivity contribution in [3.05, 3.63) is 70.6 Å². The molecule has 1 aromatic heterocycles. The van der Waals surface area contributed by atoms with Gasteiger partial charge in [-0.2, -0.15) is 4.98 Å². The second-order valence-corrected chi connectivity index (χ2v) is 11.9. The van der Waals surface area contributed by atoms with Crippen molar-refractivity contribution in [3.8, 4) is 11.4 Å². The van der Waals surface area contributed by atoms with Crippen LogP contribution in [0, 0.1) is 5.41 Å². The van der Waals surface area contributed by atoms with Crippen molar-refractivity contribution in [2.45, 2.75) is 77.2 Å². The summed E-state index contributed by atoms with van der Waals surface area (Å²) < 4.78 is 5.52. The average molecular weight is 551 g/mol. The van der Waals surface area contributed by atoms with Crippen LogP contribution in [0.1, 0.15) is 87.9 Å². The lowest BCUT2D eigenvalue weighted by molar-refractivity contribution is 0.130. The third kappa shape index (κ3) is 5.96. The van der Waals surface area contributed by atoms with E-state index in [4.69, 9.17) is 20.5 Å². The number of guanidine groups is 1. The van der Waals surface area contributed by atoms with Gasteiger partial charge in [0.2, 0.25) is 11.7 Å². The van der Waals surface area contributed by atoms with Crippen LogP contribution in [0.3, 0.4) is 0 Å². The van der Waals surface area contributed by atoms with Crippen molar-refractivity contribution >= 4 is 24.1 Å². The largest absolute Gasteiger partial charge is 0.391 e. The normalized spacial score (nSPS) is 19.8. The first-order chi connectivity index (χ1) is 18.0. The van der Waals surface area contributed by atoms with E-state index < -0.39 is 0 Å². The van der Waals surface area contributed by atoms with Crippen molar-refractivity contribution in [3.63, 3.8) is 0 Å². The summed E-state index contributed by atoms with van der Waals surface area (Å²) in [5, 5.41) is 16.1. The zero-order valence-electron chi connectivity index (χ0n) is 23.5. The number of likely N-dealkylation sites (tertiary alicyclic amines) is 1. The molecule has 208 valence electrons. The van der Waals surface area contributed by atoms with Crippen LogP contribution in [0.4, 0.5) is 0 Å². The molecule has 0 radical (unpaired) electrons. The first-order valence-electron chi connectivity index (χ1n) is 13.4. The lowest BCUT2D eigenvalue weighted by Crippen LogP contribution is -2.34. The summed E-state index contributed by atoms with van der Waals surface area (Å²) in [5.41, 5.74) is 12.7. The van der Waals surface area contributed by atoms with E-state index in [9.17, 15) is 0 Å². The number of rotatable bonds is 6. The molecule has 0 spiro atoms. The van der Waals surface area contributed by atoms with E-state index in [1.54, 1.807) is 0 Å². The quantitative estimate of drug-likeness (QED) is 0.217. The van der Waals surface area contributed by atoms with E-state index in [0.717, 1.165) is 35.4 Å². The number of hydrogen-bond acceptors (Lipinski definition) is 6. The molecule has 3 aromatic rings. The molecule has 1 unspecified atom stereocenters. The number of nitrogens with two attached hydrogens (primary N) is 1. The Kier molecular flexibility index (Phi) is 8.07. The Hall–Kier alpha value is -3.39. The minimum absolute atomic E-state index is 0. The van der Waals surface area contributed by atoms with Gasteiger partial charge in [-0.3, -0.25) is 5.41 Å². The molecule has 2 aliphatic rings. The Balaban J connectivity index is 0.00000353. The zero-order chi connectivity index (χ0) is 27.1. The fourth-order valence-corrected chi connectivity index (χ4v) is 5.54. The van der Waals surface area contributed by atoms with E-state index >= 15 is 0 Å². The predicted molar refractivity (Wildman–Crippen MR) is 157 cm³/mol. The van der Waals surface area contributed by atoms with E-state index in [1.165, 1.54) is 24.0 Å². The lowest BCUT2D eigenvalue weighted by Gasteiger charge is -2.42. The highest BCUT2D eigenvalue weighted by molar-refractivity contribution is 5.98. The minimum atomic E-state index is 0. The van der Waals surface area contributed by atoms with Crippen molar-refractivity contribution in [2.75, 3.05) is 13.1 Å². The first-order valence-corrected chi connectivity index (χ1v) is 13.4. The summed E-state index contributed by atoms with van der Waals surface area (Å²) >= 11 is 0. The summed E-state index contributed by atoms with van der Waals surface area (Å²) in [6.07, 6.45) is 3.24. The van der Waals surface area contributed by atoms with Crippen LogP contribution in [-0.4, -0.2) is 39.8 Å². The molecule has 0 saturated carbocycles. The molecule has 1 saturated heterocycles. The standard InChI is InChI=1S/C30H38N6O2.ClH/c1-19(34-37-18-20-6-11-24-25(16-20)30(4,5)14-13-29(24,2)3)21-7-9-22(10-8-21)26-33-27(38-35-26)23-12-15-36(17-23)28(31)32;/h6-11,16,23H,12-15,17-18H2,1-5H3,(H3,31,32);1H. The van der Waals surface area contributed by atoms with Crippen LogP contribution in [-0.2, 0) is 22.3 Å². The maximum atomic E-state index is 7.60. The molecule has 3 N–H and O–H groups in total. The second kappa shape index (κ2) is 11.0. The summed E-state index contributed by atoms with van der Waals surface area (Å²) in [5.74, 6) is 1.32. The Morgan fingerprint density at radius 2 is 1.79 bits per heavy atom. The molecular weight excluding hydrogens is 512 g/mol. The van der Waals surface area contributed by atoms with Gasteiger partial charge < -0.3 is 20.0 Å². The van der Waals surface area contributed by atoms with Crippen molar-refractivity contribution in [1.82, 2.24) is 15.0 Å². The summed E-state index contributed by atoms with van der Waals surface area (Å²) in [7, 11) is 0. The van der Waals surface area contributed by atoms with Crippen LogP contribution < -0.4 is 5.73 Å². The van der Waals surface area contributed by atoms with Crippen LogP contribution in [0.25, 0.3) is 11.4 Å². The average Bonchev–Trinajstić information content (AvgIpc) is 3.57. The third-order valence-electron chi connectivity index (χ3n) is 8.23. The molecule has 9 heteroatoms. The minimum Gasteiger partial charge on any atom is -0.391 e. The fourth-order valence-electron chi connectivity index (χ4n) is 5.54. The molecule has 1 fully saturated rings. The number of aromatic nitrogens is 2. The molecule has 0 amide bonds. The van der Waals surface area contributed by atoms with Gasteiger partial charge in [-0.05, 0) is 59.3 Å². The fraction of sp³-hybridized carbons (Fsp3) is 0.467. The zero-order valence-corrected chi connectivity index (χ0v) is 24.3. The maximum absolute atomic E-state index is 7.60. The third-order valence-corrected chi connectivity index (χ3v) is 8.23. The van der Waals surface area contributed by atoms with E-state index in [2.05, 4.69) is 61.2 Å². The number of benzene rings is 2. The monoisotopic (exact) mass is 550 g/mol. The smallest absolute Gasteiger partial charge is 0.231 e. The van der Waals surface area contributed by atoms with Gasteiger partial charge >= 0.3 is 0 Å². The molecule has 2 heterocycles. The van der Waals surface area contributed by atoms with Crippen LogP contribution in [0.2, 0.25) is 0 Å². The molecular formula is C30H39ClN6O2. The van der Waals surface area contributed by atoms with Crippen LogP contribution in [0.15, 0.2) is 52.1 Å². The van der Waals surface area contributed by atoms with Gasteiger partial charge in [-0.15, -0.1) is 12.4 Å².